The number of benzene rings is 2. The Hall–Kier alpha value is -2.33. The van der Waals surface area contributed by atoms with Crippen LogP contribution in [-0.2, 0) is 11.2 Å². The second kappa shape index (κ2) is 17.2. The minimum atomic E-state index is -0.349. The van der Waals surface area contributed by atoms with E-state index in [4.69, 9.17) is 14.2 Å². The summed E-state index contributed by atoms with van der Waals surface area (Å²) in [6.45, 7) is 8.84. The fraction of sp³-hybridized carbons (Fsp3) is 0.567. The molecule has 0 aromatic heterocycles. The fourth-order valence-corrected chi connectivity index (χ4v) is 3.86. The molecule has 1 unspecified atom stereocenters. The zero-order valence-electron chi connectivity index (χ0n) is 21.5. The molecule has 2 aromatic rings. The average molecular weight is 469 g/mol. The van der Waals surface area contributed by atoms with E-state index >= 15 is 0 Å². The van der Waals surface area contributed by atoms with E-state index in [2.05, 4.69) is 20.8 Å². The molecule has 0 amide bonds. The molecule has 0 bridgehead atoms. The van der Waals surface area contributed by atoms with Gasteiger partial charge in [-0.25, -0.2) is 4.79 Å². The van der Waals surface area contributed by atoms with Gasteiger partial charge in [-0.15, -0.1) is 0 Å². The van der Waals surface area contributed by atoms with E-state index in [1.54, 1.807) is 12.1 Å². The SMILES string of the molecule is CCCCCCCCCCOc1ccc(OC(=O)c2ccc(CC(C)COCCC)cc2)cc1. The first-order valence-corrected chi connectivity index (χ1v) is 13.2. The van der Waals surface area contributed by atoms with Crippen LogP contribution in [0.15, 0.2) is 48.5 Å². The highest BCUT2D eigenvalue weighted by molar-refractivity contribution is 5.91. The van der Waals surface area contributed by atoms with Gasteiger partial charge in [-0.05, 0) is 67.1 Å². The predicted molar refractivity (Wildman–Crippen MR) is 140 cm³/mol. The maximum atomic E-state index is 12.5. The fourth-order valence-electron chi connectivity index (χ4n) is 3.86. The zero-order chi connectivity index (χ0) is 24.4. The van der Waals surface area contributed by atoms with Crippen LogP contribution >= 0.6 is 0 Å². The van der Waals surface area contributed by atoms with Crippen LogP contribution in [0.1, 0.15) is 94.5 Å². The van der Waals surface area contributed by atoms with Crippen LogP contribution in [-0.4, -0.2) is 25.8 Å². The normalized spacial score (nSPS) is 11.9. The van der Waals surface area contributed by atoms with Crippen molar-refractivity contribution in [3.63, 3.8) is 0 Å². The first-order chi connectivity index (χ1) is 16.6. The quantitative estimate of drug-likeness (QED) is 0.126. The molecule has 0 aliphatic rings. The van der Waals surface area contributed by atoms with Gasteiger partial charge in [-0.3, -0.25) is 0 Å². The molecular formula is C30H44O4. The van der Waals surface area contributed by atoms with Crippen molar-refractivity contribution in [2.75, 3.05) is 19.8 Å². The van der Waals surface area contributed by atoms with Gasteiger partial charge in [0.2, 0.25) is 0 Å². The Morgan fingerprint density at radius 1 is 0.735 bits per heavy atom. The first kappa shape index (κ1) is 27.9. The van der Waals surface area contributed by atoms with Gasteiger partial charge < -0.3 is 14.2 Å². The third kappa shape index (κ3) is 11.7. The van der Waals surface area contributed by atoms with Crippen LogP contribution in [0.4, 0.5) is 0 Å². The second-order valence-corrected chi connectivity index (χ2v) is 9.27. The molecule has 0 N–H and O–H groups in total. The van der Waals surface area contributed by atoms with Crippen LogP contribution < -0.4 is 9.47 Å². The van der Waals surface area contributed by atoms with E-state index in [0.29, 0.717) is 17.2 Å². The van der Waals surface area contributed by atoms with Crippen molar-refractivity contribution in [2.45, 2.75) is 85.0 Å². The third-order valence-electron chi connectivity index (χ3n) is 5.83. The van der Waals surface area contributed by atoms with E-state index < -0.39 is 0 Å². The number of carbonyl (C=O) groups is 1. The molecule has 4 nitrogen and oxygen atoms in total. The number of unbranched alkanes of at least 4 members (excludes halogenated alkanes) is 7. The lowest BCUT2D eigenvalue weighted by atomic mass is 10.0. The highest BCUT2D eigenvalue weighted by Gasteiger charge is 2.10. The molecule has 0 saturated carbocycles. The van der Waals surface area contributed by atoms with Crippen molar-refractivity contribution in [3.05, 3.63) is 59.7 Å². The summed E-state index contributed by atoms with van der Waals surface area (Å²) in [6, 6.07) is 14.9. The molecule has 188 valence electrons. The number of hydrogen-bond donors (Lipinski definition) is 0. The van der Waals surface area contributed by atoms with Crippen LogP contribution in [0.5, 0.6) is 11.5 Å². The molecule has 0 heterocycles. The number of carbonyl (C=O) groups excluding carboxylic acids is 1. The highest BCUT2D eigenvalue weighted by Crippen LogP contribution is 2.20. The van der Waals surface area contributed by atoms with E-state index in [-0.39, 0.29) is 5.97 Å². The maximum Gasteiger partial charge on any atom is 0.343 e. The number of hydrogen-bond acceptors (Lipinski definition) is 4. The van der Waals surface area contributed by atoms with Crippen molar-refractivity contribution >= 4 is 5.97 Å². The molecule has 1 atom stereocenters. The predicted octanol–water partition coefficient (Wildman–Crippen LogP) is 8.03. The summed E-state index contributed by atoms with van der Waals surface area (Å²) in [5.41, 5.74) is 1.75. The van der Waals surface area contributed by atoms with Crippen molar-refractivity contribution in [3.8, 4) is 11.5 Å². The largest absolute Gasteiger partial charge is 0.494 e. The lowest BCUT2D eigenvalue weighted by Gasteiger charge is -2.12. The molecule has 2 aromatic carbocycles. The topological polar surface area (TPSA) is 44.8 Å². The molecule has 0 aliphatic carbocycles. The van der Waals surface area contributed by atoms with Crippen LogP contribution in [0.2, 0.25) is 0 Å². The van der Waals surface area contributed by atoms with Gasteiger partial charge >= 0.3 is 5.97 Å². The van der Waals surface area contributed by atoms with Gasteiger partial charge in [-0.2, -0.15) is 0 Å². The highest BCUT2D eigenvalue weighted by atomic mass is 16.5. The number of rotatable bonds is 18. The molecule has 0 aliphatic heterocycles. The van der Waals surface area contributed by atoms with Crippen molar-refractivity contribution in [1.82, 2.24) is 0 Å². The van der Waals surface area contributed by atoms with E-state index in [1.165, 1.54) is 50.5 Å². The second-order valence-electron chi connectivity index (χ2n) is 9.27. The van der Waals surface area contributed by atoms with Crippen molar-refractivity contribution < 1.29 is 19.0 Å². The summed E-state index contributed by atoms with van der Waals surface area (Å²) >= 11 is 0. The lowest BCUT2D eigenvalue weighted by molar-refractivity contribution is 0.0734. The Balaban J connectivity index is 1.67. The van der Waals surface area contributed by atoms with Crippen molar-refractivity contribution in [1.29, 1.82) is 0 Å². The molecule has 0 saturated heterocycles. The third-order valence-corrected chi connectivity index (χ3v) is 5.83. The Kier molecular flexibility index (Phi) is 14.1. The minimum Gasteiger partial charge on any atom is -0.494 e. The molecule has 34 heavy (non-hydrogen) atoms. The van der Waals surface area contributed by atoms with E-state index in [0.717, 1.165) is 44.8 Å². The van der Waals surface area contributed by atoms with E-state index in [1.807, 2.05) is 36.4 Å². The van der Waals surface area contributed by atoms with Gasteiger partial charge in [0.15, 0.2) is 0 Å². The standard InChI is InChI=1S/C30H44O4/c1-4-6-7-8-9-10-11-12-22-33-28-17-19-29(20-18-28)34-30(31)27-15-13-26(14-16-27)23-25(3)24-32-21-5-2/h13-20,25H,4-12,21-24H2,1-3H3. The molecule has 0 fully saturated rings. The zero-order valence-corrected chi connectivity index (χ0v) is 21.5. The monoisotopic (exact) mass is 468 g/mol. The Bertz CT molecular complexity index is 782. The average Bonchev–Trinajstić information content (AvgIpc) is 2.84. The number of esters is 1. The summed E-state index contributed by atoms with van der Waals surface area (Å²) in [7, 11) is 0. The molecule has 0 radical (unpaired) electrons. The molecule has 4 heteroatoms. The van der Waals surface area contributed by atoms with Crippen LogP contribution in [0.25, 0.3) is 0 Å². The summed E-state index contributed by atoms with van der Waals surface area (Å²) in [5.74, 6) is 1.43. The van der Waals surface area contributed by atoms with Gasteiger partial charge in [0.1, 0.15) is 11.5 Å². The smallest absolute Gasteiger partial charge is 0.343 e. The Morgan fingerprint density at radius 2 is 1.35 bits per heavy atom. The summed E-state index contributed by atoms with van der Waals surface area (Å²) in [6.07, 6.45) is 12.3. The Morgan fingerprint density at radius 3 is 2.00 bits per heavy atom. The van der Waals surface area contributed by atoms with E-state index in [9.17, 15) is 4.79 Å². The Labute approximate surface area is 207 Å². The van der Waals surface area contributed by atoms with Crippen LogP contribution in [0, 0.1) is 5.92 Å². The molecule has 2 rings (SSSR count). The van der Waals surface area contributed by atoms with Gasteiger partial charge in [0.25, 0.3) is 0 Å². The lowest BCUT2D eigenvalue weighted by Crippen LogP contribution is -2.11. The van der Waals surface area contributed by atoms with Crippen LogP contribution in [0.3, 0.4) is 0 Å². The summed E-state index contributed by atoms with van der Waals surface area (Å²) in [4.78, 5) is 12.5. The minimum absolute atomic E-state index is 0.349. The van der Waals surface area contributed by atoms with Gasteiger partial charge in [0.05, 0.1) is 12.2 Å². The summed E-state index contributed by atoms with van der Waals surface area (Å²) in [5, 5.41) is 0. The van der Waals surface area contributed by atoms with Gasteiger partial charge in [-0.1, -0.05) is 77.8 Å². The molecular weight excluding hydrogens is 424 g/mol. The van der Waals surface area contributed by atoms with Crippen molar-refractivity contribution in [2.24, 2.45) is 5.92 Å². The molecule has 0 spiro atoms. The maximum absolute atomic E-state index is 12.5. The summed E-state index contributed by atoms with van der Waals surface area (Å²) < 4.78 is 17.0. The first-order valence-electron chi connectivity index (χ1n) is 13.2. The van der Waals surface area contributed by atoms with Gasteiger partial charge in [0, 0.05) is 13.2 Å². The number of ether oxygens (including phenoxy) is 3.